The molecule has 176 valence electrons. The predicted molar refractivity (Wildman–Crippen MR) is 118 cm³/mol. The van der Waals surface area contributed by atoms with Crippen LogP contribution in [0.3, 0.4) is 0 Å². The first-order valence-corrected chi connectivity index (χ1v) is 11.2. The third-order valence-corrected chi connectivity index (χ3v) is 6.29. The van der Waals surface area contributed by atoms with E-state index in [1.165, 1.54) is 6.07 Å². The normalized spacial score (nSPS) is 21.0. The Kier molecular flexibility index (Phi) is 7.23. The summed E-state index contributed by atoms with van der Waals surface area (Å²) < 4.78 is 39.0. The van der Waals surface area contributed by atoms with Gasteiger partial charge in [-0.25, -0.2) is 8.78 Å². The van der Waals surface area contributed by atoms with Crippen LogP contribution in [0.15, 0.2) is 48.5 Å². The third kappa shape index (κ3) is 5.68. The summed E-state index contributed by atoms with van der Waals surface area (Å²) in [6, 6.07) is 12.3. The Balaban J connectivity index is 1.54. The van der Waals surface area contributed by atoms with Crippen molar-refractivity contribution in [2.75, 3.05) is 46.0 Å². The Morgan fingerprint density at radius 1 is 1.00 bits per heavy atom. The van der Waals surface area contributed by atoms with Gasteiger partial charge in [-0.2, -0.15) is 0 Å². The lowest BCUT2D eigenvalue weighted by Gasteiger charge is -2.43. The first-order chi connectivity index (χ1) is 16.0. The molecule has 0 saturated carbocycles. The van der Waals surface area contributed by atoms with Gasteiger partial charge in [-0.05, 0) is 37.1 Å². The number of hydrogen-bond donors (Lipinski definition) is 0. The molecule has 0 spiro atoms. The molecule has 2 saturated heterocycles. The van der Waals surface area contributed by atoms with Gasteiger partial charge in [-0.3, -0.25) is 9.59 Å². The minimum Gasteiger partial charge on any atom is -0.493 e. The SMILES string of the molecule is O=C(C[C@@]1(COc2ccccc2)CCCN(C(=O)c2ccc(F)cc2F)C1)N1CCOCC1. The zero-order chi connectivity index (χ0) is 23.3. The van der Waals surface area contributed by atoms with E-state index in [0.29, 0.717) is 57.5 Å². The molecule has 2 fully saturated rings. The molecule has 0 bridgehead atoms. The second kappa shape index (κ2) is 10.3. The fourth-order valence-corrected chi connectivity index (χ4v) is 4.53. The van der Waals surface area contributed by atoms with Crippen molar-refractivity contribution in [3.05, 3.63) is 65.7 Å². The number of benzene rings is 2. The lowest BCUT2D eigenvalue weighted by Crippen LogP contribution is -2.52. The number of carbonyl (C=O) groups excluding carboxylic acids is 2. The fourth-order valence-electron chi connectivity index (χ4n) is 4.53. The first-order valence-electron chi connectivity index (χ1n) is 11.2. The molecular weight excluding hydrogens is 430 g/mol. The molecule has 8 heteroatoms. The van der Waals surface area contributed by atoms with Gasteiger partial charge in [-0.1, -0.05) is 18.2 Å². The molecule has 4 rings (SSSR count). The zero-order valence-corrected chi connectivity index (χ0v) is 18.5. The van der Waals surface area contributed by atoms with Crippen molar-refractivity contribution in [3.63, 3.8) is 0 Å². The van der Waals surface area contributed by atoms with E-state index >= 15 is 0 Å². The van der Waals surface area contributed by atoms with E-state index in [1.54, 1.807) is 9.80 Å². The highest BCUT2D eigenvalue weighted by Crippen LogP contribution is 2.36. The van der Waals surface area contributed by atoms with E-state index in [1.807, 2.05) is 30.3 Å². The molecule has 2 amide bonds. The standard InChI is InChI=1S/C25H28F2N2O4/c26-19-7-8-21(22(27)15-19)24(31)29-10-4-9-25(17-29,18-33-20-5-2-1-3-6-20)16-23(30)28-11-13-32-14-12-28/h1-3,5-8,15H,4,9-14,16-18H2/t25-/m0/s1. The number of likely N-dealkylation sites (tertiary alicyclic amines) is 1. The monoisotopic (exact) mass is 458 g/mol. The average molecular weight is 459 g/mol. The number of carbonyl (C=O) groups is 2. The van der Waals surface area contributed by atoms with Crippen LogP contribution >= 0.6 is 0 Å². The van der Waals surface area contributed by atoms with Crippen LogP contribution in [0.2, 0.25) is 0 Å². The quantitative estimate of drug-likeness (QED) is 0.665. The molecular formula is C25H28F2N2O4. The van der Waals surface area contributed by atoms with E-state index in [4.69, 9.17) is 9.47 Å². The zero-order valence-electron chi connectivity index (χ0n) is 18.5. The third-order valence-electron chi connectivity index (χ3n) is 6.29. The minimum absolute atomic E-state index is 0.00257. The van der Waals surface area contributed by atoms with E-state index in [9.17, 15) is 18.4 Å². The van der Waals surface area contributed by atoms with Crippen LogP contribution in [0.4, 0.5) is 8.78 Å². The summed E-state index contributed by atoms with van der Waals surface area (Å²) in [6.45, 7) is 3.04. The molecule has 0 aliphatic carbocycles. The topological polar surface area (TPSA) is 59.1 Å². The van der Waals surface area contributed by atoms with Gasteiger partial charge in [0.05, 0.1) is 25.4 Å². The summed E-state index contributed by atoms with van der Waals surface area (Å²) in [6.07, 6.45) is 1.57. The largest absolute Gasteiger partial charge is 0.493 e. The van der Waals surface area contributed by atoms with Crippen LogP contribution in [0.1, 0.15) is 29.6 Å². The summed E-state index contributed by atoms with van der Waals surface area (Å²) in [7, 11) is 0. The number of halogens is 2. The van der Waals surface area contributed by atoms with E-state index in [-0.39, 0.29) is 31.0 Å². The molecule has 2 aliphatic rings. The second-order valence-corrected chi connectivity index (χ2v) is 8.73. The highest BCUT2D eigenvalue weighted by Gasteiger charge is 2.41. The van der Waals surface area contributed by atoms with Gasteiger partial charge >= 0.3 is 0 Å². The molecule has 0 radical (unpaired) electrons. The summed E-state index contributed by atoms with van der Waals surface area (Å²) in [5, 5.41) is 0. The van der Waals surface area contributed by atoms with Gasteiger partial charge in [0.1, 0.15) is 17.4 Å². The van der Waals surface area contributed by atoms with Crippen molar-refractivity contribution in [2.24, 2.45) is 5.41 Å². The van der Waals surface area contributed by atoms with Crippen molar-refractivity contribution in [2.45, 2.75) is 19.3 Å². The number of hydrogen-bond acceptors (Lipinski definition) is 4. The molecule has 0 unspecified atom stereocenters. The van der Waals surface area contributed by atoms with Crippen molar-refractivity contribution in [1.82, 2.24) is 9.80 Å². The van der Waals surface area contributed by atoms with Gasteiger partial charge in [-0.15, -0.1) is 0 Å². The van der Waals surface area contributed by atoms with Gasteiger partial charge in [0.25, 0.3) is 5.91 Å². The highest BCUT2D eigenvalue weighted by molar-refractivity contribution is 5.94. The fraction of sp³-hybridized carbons (Fsp3) is 0.440. The van der Waals surface area contributed by atoms with Crippen molar-refractivity contribution in [1.29, 1.82) is 0 Å². The van der Waals surface area contributed by atoms with Crippen LogP contribution in [0.5, 0.6) is 5.75 Å². The molecule has 2 aromatic carbocycles. The van der Waals surface area contributed by atoms with Crippen molar-refractivity contribution in [3.8, 4) is 5.75 Å². The first kappa shape index (κ1) is 23.2. The van der Waals surface area contributed by atoms with Gasteiger partial charge in [0.2, 0.25) is 5.91 Å². The van der Waals surface area contributed by atoms with Crippen LogP contribution in [0, 0.1) is 17.0 Å². The molecule has 2 aliphatic heterocycles. The Morgan fingerprint density at radius 3 is 2.48 bits per heavy atom. The van der Waals surface area contributed by atoms with E-state index in [2.05, 4.69) is 0 Å². The lowest BCUT2D eigenvalue weighted by atomic mass is 9.77. The van der Waals surface area contributed by atoms with Crippen LogP contribution < -0.4 is 4.74 Å². The maximum Gasteiger partial charge on any atom is 0.256 e. The molecule has 0 N–H and O–H groups in total. The summed E-state index contributed by atoms with van der Waals surface area (Å²) in [4.78, 5) is 29.6. The molecule has 2 aromatic rings. The highest BCUT2D eigenvalue weighted by atomic mass is 19.1. The van der Waals surface area contributed by atoms with E-state index < -0.39 is 23.0 Å². The van der Waals surface area contributed by atoms with Crippen molar-refractivity contribution < 1.29 is 27.8 Å². The minimum atomic E-state index is -0.888. The number of ether oxygens (including phenoxy) is 2. The molecule has 6 nitrogen and oxygen atoms in total. The van der Waals surface area contributed by atoms with Gasteiger partial charge in [0, 0.05) is 44.1 Å². The Morgan fingerprint density at radius 2 is 1.76 bits per heavy atom. The summed E-state index contributed by atoms with van der Waals surface area (Å²) >= 11 is 0. The second-order valence-electron chi connectivity index (χ2n) is 8.73. The number of piperidine rings is 1. The Hall–Kier alpha value is -3.00. The predicted octanol–water partition coefficient (Wildman–Crippen LogP) is 3.52. The van der Waals surface area contributed by atoms with Crippen LogP contribution in [-0.4, -0.2) is 67.6 Å². The molecule has 2 heterocycles. The van der Waals surface area contributed by atoms with Crippen LogP contribution in [0.25, 0.3) is 0 Å². The molecule has 33 heavy (non-hydrogen) atoms. The lowest BCUT2D eigenvalue weighted by molar-refractivity contribution is -0.139. The van der Waals surface area contributed by atoms with E-state index in [0.717, 1.165) is 6.07 Å². The number of nitrogens with zero attached hydrogens (tertiary/aromatic N) is 2. The Labute approximate surface area is 192 Å². The number of para-hydroxylation sites is 1. The smallest absolute Gasteiger partial charge is 0.256 e. The summed E-state index contributed by atoms with van der Waals surface area (Å²) in [5.74, 6) is -1.44. The molecule has 1 atom stereocenters. The van der Waals surface area contributed by atoms with Crippen LogP contribution in [-0.2, 0) is 9.53 Å². The van der Waals surface area contributed by atoms with Gasteiger partial charge < -0.3 is 19.3 Å². The average Bonchev–Trinajstić information content (AvgIpc) is 2.84. The molecule has 0 aromatic heterocycles. The number of amides is 2. The number of rotatable bonds is 6. The maximum absolute atomic E-state index is 14.3. The van der Waals surface area contributed by atoms with Crippen molar-refractivity contribution >= 4 is 11.8 Å². The Bertz CT molecular complexity index is 982. The summed E-state index contributed by atoms with van der Waals surface area (Å²) in [5.41, 5.74) is -0.786. The number of morpholine rings is 1. The van der Waals surface area contributed by atoms with Gasteiger partial charge in [0.15, 0.2) is 0 Å². The maximum atomic E-state index is 14.3.